The summed E-state index contributed by atoms with van der Waals surface area (Å²) in [5.74, 6) is -0.110. The molecule has 0 saturated heterocycles. The predicted octanol–water partition coefficient (Wildman–Crippen LogP) is 4.85. The summed E-state index contributed by atoms with van der Waals surface area (Å²) in [5, 5.41) is 3.17. The van der Waals surface area contributed by atoms with Crippen molar-refractivity contribution >= 4 is 29.2 Å². The minimum atomic E-state index is -0.288. The Hall–Kier alpha value is -2.59. The van der Waals surface area contributed by atoms with E-state index < -0.39 is 0 Å². The Morgan fingerprint density at radius 3 is 2.48 bits per heavy atom. The van der Waals surface area contributed by atoms with Gasteiger partial charge in [0.1, 0.15) is 5.75 Å². The van der Waals surface area contributed by atoms with E-state index in [1.807, 2.05) is 6.08 Å². The summed E-state index contributed by atoms with van der Waals surface area (Å²) in [4.78, 5) is 24.3. The van der Waals surface area contributed by atoms with Crippen LogP contribution in [0.15, 0.2) is 60.7 Å². The first-order chi connectivity index (χ1) is 12.1. The van der Waals surface area contributed by atoms with Crippen molar-refractivity contribution in [3.8, 4) is 5.75 Å². The molecule has 0 fully saturated rings. The Morgan fingerprint density at radius 1 is 1.04 bits per heavy atom. The SMILES string of the molecule is O=C(Nc1ccc(OC(=O)[C@@H]2CC=CCC2)cc1)c1ccccc1Cl. The molecule has 0 spiro atoms. The van der Waals surface area contributed by atoms with Gasteiger partial charge in [0.05, 0.1) is 16.5 Å². The molecule has 1 aliphatic carbocycles. The molecule has 1 aliphatic rings. The molecule has 2 aromatic carbocycles. The molecule has 128 valence electrons. The van der Waals surface area contributed by atoms with E-state index in [4.69, 9.17) is 16.3 Å². The molecule has 3 rings (SSSR count). The summed E-state index contributed by atoms with van der Waals surface area (Å²) in [7, 11) is 0. The van der Waals surface area contributed by atoms with Gasteiger partial charge in [0.2, 0.25) is 0 Å². The van der Waals surface area contributed by atoms with E-state index in [2.05, 4.69) is 11.4 Å². The normalized spacial score (nSPS) is 16.3. The molecule has 0 aliphatic heterocycles. The lowest BCUT2D eigenvalue weighted by Gasteiger charge is -2.16. The molecule has 0 bridgehead atoms. The third-order valence-corrected chi connectivity index (χ3v) is 4.38. The molecule has 0 unspecified atom stereocenters. The molecule has 4 nitrogen and oxygen atoms in total. The molecule has 0 saturated carbocycles. The number of allylic oxidation sites excluding steroid dienone is 2. The Morgan fingerprint density at radius 2 is 1.80 bits per heavy atom. The number of benzene rings is 2. The standard InChI is InChI=1S/C20H18ClNO3/c21-18-9-5-4-8-17(18)19(23)22-15-10-12-16(13-11-15)25-20(24)14-6-2-1-3-7-14/h1-2,4-5,8-14H,3,6-7H2,(H,22,23)/t14-/m1/s1. The van der Waals surface area contributed by atoms with E-state index in [-0.39, 0.29) is 17.8 Å². The fourth-order valence-electron chi connectivity index (χ4n) is 2.66. The number of esters is 1. The van der Waals surface area contributed by atoms with Gasteiger partial charge < -0.3 is 10.1 Å². The van der Waals surface area contributed by atoms with Crippen LogP contribution >= 0.6 is 11.6 Å². The fourth-order valence-corrected chi connectivity index (χ4v) is 2.88. The van der Waals surface area contributed by atoms with Crippen molar-refractivity contribution in [2.45, 2.75) is 19.3 Å². The van der Waals surface area contributed by atoms with Crippen molar-refractivity contribution in [1.29, 1.82) is 0 Å². The first-order valence-corrected chi connectivity index (χ1v) is 8.54. The highest BCUT2D eigenvalue weighted by molar-refractivity contribution is 6.34. The molecule has 1 atom stereocenters. The molecule has 1 amide bonds. The quantitative estimate of drug-likeness (QED) is 0.484. The molecule has 0 radical (unpaired) electrons. The Bertz CT molecular complexity index is 799. The van der Waals surface area contributed by atoms with Crippen LogP contribution in [0.25, 0.3) is 0 Å². The molecule has 2 aromatic rings. The van der Waals surface area contributed by atoms with E-state index >= 15 is 0 Å². The number of halogens is 1. The maximum Gasteiger partial charge on any atom is 0.314 e. The number of anilines is 1. The van der Waals surface area contributed by atoms with Gasteiger partial charge in [-0.25, -0.2) is 0 Å². The van der Waals surface area contributed by atoms with E-state index in [1.165, 1.54) is 0 Å². The van der Waals surface area contributed by atoms with Crippen LogP contribution in [0.5, 0.6) is 5.75 Å². The van der Waals surface area contributed by atoms with Crippen molar-refractivity contribution < 1.29 is 14.3 Å². The summed E-state index contributed by atoms with van der Waals surface area (Å²) in [6.45, 7) is 0. The first-order valence-electron chi connectivity index (χ1n) is 8.16. The van der Waals surface area contributed by atoms with Crippen LogP contribution in [0.4, 0.5) is 5.69 Å². The summed E-state index contributed by atoms with van der Waals surface area (Å²) >= 11 is 6.02. The van der Waals surface area contributed by atoms with Crippen LogP contribution in [0, 0.1) is 5.92 Å². The predicted molar refractivity (Wildman–Crippen MR) is 98.0 cm³/mol. The van der Waals surface area contributed by atoms with Crippen molar-refractivity contribution in [1.82, 2.24) is 0 Å². The molecule has 5 heteroatoms. The zero-order valence-corrected chi connectivity index (χ0v) is 14.3. The Labute approximate surface area is 151 Å². The lowest BCUT2D eigenvalue weighted by molar-refractivity contribution is -0.139. The number of hydrogen-bond acceptors (Lipinski definition) is 3. The molecular formula is C20H18ClNO3. The third-order valence-electron chi connectivity index (χ3n) is 4.05. The van der Waals surface area contributed by atoms with Crippen LogP contribution in [-0.2, 0) is 4.79 Å². The van der Waals surface area contributed by atoms with Crippen LogP contribution in [0.1, 0.15) is 29.6 Å². The number of nitrogens with one attached hydrogen (secondary N) is 1. The number of ether oxygens (including phenoxy) is 1. The molecule has 1 N–H and O–H groups in total. The number of rotatable bonds is 4. The van der Waals surface area contributed by atoms with Crippen molar-refractivity contribution in [3.63, 3.8) is 0 Å². The topological polar surface area (TPSA) is 55.4 Å². The average Bonchev–Trinajstić information content (AvgIpc) is 2.64. The van der Waals surface area contributed by atoms with Crippen molar-refractivity contribution in [2.75, 3.05) is 5.32 Å². The largest absolute Gasteiger partial charge is 0.426 e. The van der Waals surface area contributed by atoms with Crippen LogP contribution in [0.3, 0.4) is 0 Å². The first kappa shape index (κ1) is 17.2. The van der Waals surface area contributed by atoms with Crippen molar-refractivity contribution in [3.05, 3.63) is 71.3 Å². The molecule has 25 heavy (non-hydrogen) atoms. The zero-order valence-electron chi connectivity index (χ0n) is 13.6. The Balaban J connectivity index is 1.60. The van der Waals surface area contributed by atoms with Crippen LogP contribution in [0.2, 0.25) is 5.02 Å². The second-order valence-corrected chi connectivity index (χ2v) is 6.27. The molecule has 0 aromatic heterocycles. The number of carbonyl (C=O) groups excluding carboxylic acids is 2. The van der Waals surface area contributed by atoms with E-state index in [0.717, 1.165) is 19.3 Å². The minimum absolute atomic E-state index is 0.0791. The smallest absolute Gasteiger partial charge is 0.314 e. The second-order valence-electron chi connectivity index (χ2n) is 5.86. The summed E-state index contributed by atoms with van der Waals surface area (Å²) in [5.41, 5.74) is 1.01. The summed E-state index contributed by atoms with van der Waals surface area (Å²) in [6, 6.07) is 13.6. The van der Waals surface area contributed by atoms with Gasteiger partial charge in [-0.2, -0.15) is 0 Å². The lowest BCUT2D eigenvalue weighted by Crippen LogP contribution is -2.21. The number of amides is 1. The van der Waals surface area contributed by atoms with Gasteiger partial charge in [0.25, 0.3) is 5.91 Å². The lowest BCUT2D eigenvalue weighted by atomic mass is 9.95. The van der Waals surface area contributed by atoms with Gasteiger partial charge in [0, 0.05) is 5.69 Å². The maximum absolute atomic E-state index is 12.2. The highest BCUT2D eigenvalue weighted by Gasteiger charge is 2.20. The second kappa shape index (κ2) is 7.99. The minimum Gasteiger partial charge on any atom is -0.426 e. The Kier molecular flexibility index (Phi) is 5.51. The highest BCUT2D eigenvalue weighted by Crippen LogP contribution is 2.23. The van der Waals surface area contributed by atoms with Gasteiger partial charge in [-0.3, -0.25) is 9.59 Å². The van der Waals surface area contributed by atoms with Crippen LogP contribution < -0.4 is 10.1 Å². The molecule has 0 heterocycles. The summed E-state index contributed by atoms with van der Waals surface area (Å²) < 4.78 is 5.41. The van der Waals surface area contributed by atoms with Crippen molar-refractivity contribution in [2.24, 2.45) is 5.92 Å². The fraction of sp³-hybridized carbons (Fsp3) is 0.200. The van der Waals surface area contributed by atoms with E-state index in [0.29, 0.717) is 22.0 Å². The third kappa shape index (κ3) is 4.48. The highest BCUT2D eigenvalue weighted by atomic mass is 35.5. The summed E-state index contributed by atoms with van der Waals surface area (Å²) in [6.07, 6.45) is 6.56. The van der Waals surface area contributed by atoms with Gasteiger partial charge >= 0.3 is 5.97 Å². The van der Waals surface area contributed by atoms with Gasteiger partial charge in [-0.15, -0.1) is 0 Å². The average molecular weight is 356 g/mol. The monoisotopic (exact) mass is 355 g/mol. The van der Waals surface area contributed by atoms with E-state index in [1.54, 1.807) is 48.5 Å². The zero-order chi connectivity index (χ0) is 17.6. The van der Waals surface area contributed by atoms with Crippen LogP contribution in [-0.4, -0.2) is 11.9 Å². The number of carbonyl (C=O) groups is 2. The number of hydrogen-bond donors (Lipinski definition) is 1. The molecular weight excluding hydrogens is 338 g/mol. The van der Waals surface area contributed by atoms with Gasteiger partial charge in [0.15, 0.2) is 0 Å². The van der Waals surface area contributed by atoms with Gasteiger partial charge in [-0.05, 0) is 55.7 Å². The van der Waals surface area contributed by atoms with E-state index in [9.17, 15) is 9.59 Å². The maximum atomic E-state index is 12.2. The van der Waals surface area contributed by atoms with Gasteiger partial charge in [-0.1, -0.05) is 35.9 Å².